The number of rotatable bonds is 1. The molecule has 0 bridgehead atoms. The average molecular weight is 304 g/mol. The van der Waals surface area contributed by atoms with Crippen molar-refractivity contribution >= 4 is 0 Å². The van der Waals surface area contributed by atoms with Crippen LogP contribution >= 0.6 is 0 Å². The molecular weight excluding hydrogens is 272 g/mol. The zero-order chi connectivity index (χ0) is 16.3. The van der Waals surface area contributed by atoms with Crippen molar-refractivity contribution in [2.75, 3.05) is 0 Å². The zero-order valence-electron chi connectivity index (χ0n) is 14.6. The van der Waals surface area contributed by atoms with Crippen LogP contribution in [-0.2, 0) is 0 Å². The van der Waals surface area contributed by atoms with Gasteiger partial charge in [-0.3, -0.25) is 0 Å². The number of hydrogen-bond donors (Lipinski definition) is 2. The quantitative estimate of drug-likeness (QED) is 0.717. The molecule has 0 radical (unpaired) electrons. The first-order chi connectivity index (χ1) is 10.2. The predicted molar refractivity (Wildman–Crippen MR) is 90.4 cm³/mol. The zero-order valence-corrected chi connectivity index (χ0v) is 14.6. The summed E-state index contributed by atoms with van der Waals surface area (Å²) in [4.78, 5) is 0. The third-order valence-corrected chi connectivity index (χ3v) is 7.60. The molecule has 2 heteroatoms. The molecule has 0 unspecified atom stereocenters. The first-order valence-electron chi connectivity index (χ1n) is 8.86. The molecule has 2 saturated carbocycles. The molecule has 0 heterocycles. The average Bonchev–Trinajstić information content (AvgIpc) is 2.47. The minimum Gasteiger partial charge on any atom is -0.393 e. The van der Waals surface area contributed by atoms with Crippen LogP contribution in [0, 0.1) is 28.1 Å². The van der Waals surface area contributed by atoms with Crippen molar-refractivity contribution in [1.29, 1.82) is 0 Å². The van der Waals surface area contributed by atoms with E-state index in [9.17, 15) is 10.2 Å². The summed E-state index contributed by atoms with van der Waals surface area (Å²) in [6, 6.07) is 0. The first-order valence-corrected chi connectivity index (χ1v) is 8.86. The van der Waals surface area contributed by atoms with Crippen LogP contribution in [0.1, 0.15) is 59.8 Å². The molecule has 6 atom stereocenters. The van der Waals surface area contributed by atoms with Gasteiger partial charge in [-0.2, -0.15) is 0 Å². The van der Waals surface area contributed by atoms with Gasteiger partial charge in [0.25, 0.3) is 0 Å². The molecule has 0 saturated heterocycles. The van der Waals surface area contributed by atoms with Crippen molar-refractivity contribution in [3.8, 4) is 0 Å². The summed E-state index contributed by atoms with van der Waals surface area (Å²) >= 11 is 0. The summed E-state index contributed by atoms with van der Waals surface area (Å²) in [6.45, 7) is 13.0. The Morgan fingerprint density at radius 1 is 1.14 bits per heavy atom. The monoisotopic (exact) mass is 304 g/mol. The van der Waals surface area contributed by atoms with Crippen molar-refractivity contribution in [3.63, 3.8) is 0 Å². The summed E-state index contributed by atoms with van der Waals surface area (Å²) in [5.74, 6) is 0.807. The standard InChI is InChI=1S/C20H32O2/c1-6-19(4)12-9-14-13(17(19)22)7-8-15-18(2,3)11-10-16(21)20(14,15)5/h6-7,14-17,21-22H,1,8-12H2,2-5H3/t14-,15-,16+,17+,19-,20+/m0/s1. The number of allylic oxidation sites excluding steroid dienone is 1. The van der Waals surface area contributed by atoms with Gasteiger partial charge < -0.3 is 10.2 Å². The van der Waals surface area contributed by atoms with Crippen LogP contribution < -0.4 is 0 Å². The van der Waals surface area contributed by atoms with E-state index >= 15 is 0 Å². The maximum absolute atomic E-state index is 10.9. The summed E-state index contributed by atoms with van der Waals surface area (Å²) in [6.07, 6.45) is 8.48. The van der Waals surface area contributed by atoms with Crippen LogP contribution in [0.25, 0.3) is 0 Å². The van der Waals surface area contributed by atoms with Gasteiger partial charge in [0.2, 0.25) is 0 Å². The fourth-order valence-corrected chi connectivity index (χ4v) is 5.84. The lowest BCUT2D eigenvalue weighted by atomic mass is 9.44. The van der Waals surface area contributed by atoms with Crippen LogP contribution in [0.3, 0.4) is 0 Å². The highest BCUT2D eigenvalue weighted by Gasteiger charge is 2.59. The molecule has 0 aliphatic heterocycles. The molecule has 2 fully saturated rings. The highest BCUT2D eigenvalue weighted by Crippen LogP contribution is 2.63. The Morgan fingerprint density at radius 3 is 2.45 bits per heavy atom. The van der Waals surface area contributed by atoms with Gasteiger partial charge >= 0.3 is 0 Å². The molecule has 124 valence electrons. The Hall–Kier alpha value is -0.600. The largest absolute Gasteiger partial charge is 0.393 e. The fraction of sp³-hybridized carbons (Fsp3) is 0.800. The van der Waals surface area contributed by atoms with Crippen molar-refractivity contribution < 1.29 is 10.2 Å². The molecule has 3 aliphatic rings. The molecule has 0 amide bonds. The maximum atomic E-state index is 10.9. The van der Waals surface area contributed by atoms with E-state index in [2.05, 4.69) is 40.3 Å². The second kappa shape index (κ2) is 4.95. The minimum absolute atomic E-state index is 0.102. The molecule has 0 aromatic rings. The van der Waals surface area contributed by atoms with E-state index < -0.39 is 6.10 Å². The van der Waals surface area contributed by atoms with Crippen LogP contribution in [0.5, 0.6) is 0 Å². The van der Waals surface area contributed by atoms with Gasteiger partial charge in [-0.05, 0) is 54.9 Å². The Bertz CT molecular complexity index is 506. The Balaban J connectivity index is 2.04. The predicted octanol–water partition coefficient (Wildman–Crippen LogP) is 4.08. The third kappa shape index (κ3) is 1.99. The van der Waals surface area contributed by atoms with Crippen molar-refractivity contribution in [1.82, 2.24) is 0 Å². The number of aliphatic hydroxyl groups is 2. The van der Waals surface area contributed by atoms with Crippen molar-refractivity contribution in [3.05, 3.63) is 24.3 Å². The third-order valence-electron chi connectivity index (χ3n) is 7.60. The van der Waals surface area contributed by atoms with Crippen LogP contribution in [0.4, 0.5) is 0 Å². The van der Waals surface area contributed by atoms with Crippen LogP contribution in [0.2, 0.25) is 0 Å². The Labute approximate surface area is 135 Å². The van der Waals surface area contributed by atoms with Crippen molar-refractivity contribution in [2.24, 2.45) is 28.1 Å². The van der Waals surface area contributed by atoms with E-state index in [1.54, 1.807) is 0 Å². The lowest BCUT2D eigenvalue weighted by Crippen LogP contribution is -2.58. The topological polar surface area (TPSA) is 40.5 Å². The van der Waals surface area contributed by atoms with Gasteiger partial charge in [-0.1, -0.05) is 39.8 Å². The number of fused-ring (bicyclic) bond motifs is 3. The molecular formula is C20H32O2. The fourth-order valence-electron chi connectivity index (χ4n) is 5.84. The summed E-state index contributed by atoms with van der Waals surface area (Å²) < 4.78 is 0. The lowest BCUT2D eigenvalue weighted by molar-refractivity contribution is -0.142. The molecule has 0 spiro atoms. The van der Waals surface area contributed by atoms with Crippen molar-refractivity contribution in [2.45, 2.75) is 72.0 Å². The molecule has 2 nitrogen and oxygen atoms in total. The van der Waals surface area contributed by atoms with E-state index in [4.69, 9.17) is 0 Å². The minimum atomic E-state index is -0.446. The molecule has 22 heavy (non-hydrogen) atoms. The molecule has 3 rings (SSSR count). The smallest absolute Gasteiger partial charge is 0.0840 e. The van der Waals surface area contributed by atoms with E-state index in [0.29, 0.717) is 11.8 Å². The van der Waals surface area contributed by atoms with E-state index in [1.807, 2.05) is 6.08 Å². The molecule has 3 aliphatic carbocycles. The molecule has 2 N–H and O–H groups in total. The number of hydrogen-bond acceptors (Lipinski definition) is 2. The second-order valence-electron chi connectivity index (χ2n) is 9.11. The van der Waals surface area contributed by atoms with Gasteiger partial charge in [-0.25, -0.2) is 0 Å². The van der Waals surface area contributed by atoms with Gasteiger partial charge in [-0.15, -0.1) is 6.58 Å². The Kier molecular flexibility index (Phi) is 3.66. The highest BCUT2D eigenvalue weighted by molar-refractivity contribution is 5.30. The summed E-state index contributed by atoms with van der Waals surface area (Å²) in [5.41, 5.74) is 1.11. The Morgan fingerprint density at radius 2 is 1.82 bits per heavy atom. The van der Waals surface area contributed by atoms with E-state index in [-0.39, 0.29) is 22.3 Å². The van der Waals surface area contributed by atoms with Gasteiger partial charge in [0, 0.05) is 10.8 Å². The molecule has 0 aromatic carbocycles. The van der Waals surface area contributed by atoms with Crippen LogP contribution in [0.15, 0.2) is 24.3 Å². The number of aliphatic hydroxyl groups excluding tert-OH is 2. The normalized spacial score (nSPS) is 50.5. The summed E-state index contributed by atoms with van der Waals surface area (Å²) in [7, 11) is 0. The van der Waals surface area contributed by atoms with E-state index in [0.717, 1.165) is 32.1 Å². The highest BCUT2D eigenvalue weighted by atomic mass is 16.3. The maximum Gasteiger partial charge on any atom is 0.0840 e. The SMILES string of the molecule is C=C[C@@]1(C)CC[C@H]2C(=CC[C@H]3C(C)(C)CC[C@@H](O)[C@]23C)[C@H]1O. The van der Waals surface area contributed by atoms with Crippen LogP contribution in [-0.4, -0.2) is 22.4 Å². The second-order valence-corrected chi connectivity index (χ2v) is 9.11. The summed E-state index contributed by atoms with van der Waals surface area (Å²) in [5, 5.41) is 21.8. The lowest BCUT2D eigenvalue weighted by Gasteiger charge is -2.61. The van der Waals surface area contributed by atoms with Gasteiger partial charge in [0.1, 0.15) is 0 Å². The van der Waals surface area contributed by atoms with Gasteiger partial charge in [0.05, 0.1) is 12.2 Å². The first kappa shape index (κ1) is 16.3. The van der Waals surface area contributed by atoms with Gasteiger partial charge in [0.15, 0.2) is 0 Å². The van der Waals surface area contributed by atoms with E-state index in [1.165, 1.54) is 5.57 Å². The molecule has 0 aromatic heterocycles.